The summed E-state index contributed by atoms with van der Waals surface area (Å²) in [5.74, 6) is 1.84. The summed E-state index contributed by atoms with van der Waals surface area (Å²) in [4.78, 5) is 20.3. The zero-order valence-electron chi connectivity index (χ0n) is 31.2. The number of hydrogen-bond donors (Lipinski definition) is 0. The van der Waals surface area contributed by atoms with Crippen molar-refractivity contribution in [2.24, 2.45) is 0 Å². The molecule has 0 saturated carbocycles. The van der Waals surface area contributed by atoms with Crippen molar-refractivity contribution in [1.29, 1.82) is 0 Å². The second-order valence-electron chi connectivity index (χ2n) is 14.7. The molecule has 0 spiro atoms. The van der Waals surface area contributed by atoms with E-state index in [0.717, 1.165) is 77.2 Å². The second kappa shape index (κ2) is 12.8. The maximum absolute atomic E-state index is 5.12. The van der Waals surface area contributed by atoms with Crippen LogP contribution in [0.15, 0.2) is 194 Å². The standard InChI is InChI=1S/C52H32N6/c1-3-13-35(14-4-1)49-54-50(36-15-5-2-6-16-36)56-52(55-49)58-46-21-11-7-17-39(46)41-29-27-38(32-48(41)58)34-25-23-33(24-26-34)37-28-30-42-43(31-37)40-18-8-10-20-45(40)57-47-22-12-9-19-44(47)53-51(42)57/h1-32H. The molecule has 4 heterocycles. The number of hydrogen-bond acceptors (Lipinski definition) is 4. The Balaban J connectivity index is 0.984. The first-order valence-electron chi connectivity index (χ1n) is 19.5. The lowest BCUT2D eigenvalue weighted by atomic mass is 9.97. The normalized spacial score (nSPS) is 11.8. The van der Waals surface area contributed by atoms with Crippen LogP contribution in [-0.2, 0) is 0 Å². The van der Waals surface area contributed by atoms with Crippen molar-refractivity contribution in [3.63, 3.8) is 0 Å². The molecule has 0 aliphatic carbocycles. The Labute approximate surface area is 333 Å². The van der Waals surface area contributed by atoms with Crippen LogP contribution in [0.3, 0.4) is 0 Å². The van der Waals surface area contributed by atoms with E-state index in [1.807, 2.05) is 60.7 Å². The fourth-order valence-corrected chi connectivity index (χ4v) is 8.61. The summed E-state index contributed by atoms with van der Waals surface area (Å²) in [7, 11) is 0. The highest BCUT2D eigenvalue weighted by molar-refractivity contribution is 6.15. The third kappa shape index (κ3) is 5.05. The highest BCUT2D eigenvalue weighted by Crippen LogP contribution is 2.38. The molecule has 0 amide bonds. The van der Waals surface area contributed by atoms with Crippen molar-refractivity contribution in [3.8, 4) is 51.0 Å². The van der Waals surface area contributed by atoms with Gasteiger partial charge in [0, 0.05) is 32.7 Å². The molecule has 0 atom stereocenters. The molecule has 0 fully saturated rings. The van der Waals surface area contributed by atoms with Crippen molar-refractivity contribution in [2.45, 2.75) is 0 Å². The molecule has 0 N–H and O–H groups in total. The Morgan fingerprint density at radius 3 is 1.47 bits per heavy atom. The average molecular weight is 741 g/mol. The Bertz CT molecular complexity index is 3490. The number of fused-ring (bicyclic) bond motifs is 11. The number of pyridine rings is 1. The van der Waals surface area contributed by atoms with E-state index in [1.165, 1.54) is 16.3 Å². The molecule has 6 heteroatoms. The Morgan fingerprint density at radius 2 is 0.793 bits per heavy atom. The zero-order valence-corrected chi connectivity index (χ0v) is 31.2. The second-order valence-corrected chi connectivity index (χ2v) is 14.7. The van der Waals surface area contributed by atoms with Crippen LogP contribution >= 0.6 is 0 Å². The van der Waals surface area contributed by atoms with Crippen LogP contribution in [0.5, 0.6) is 0 Å². The number of imidazole rings is 1. The molecule has 4 aromatic heterocycles. The van der Waals surface area contributed by atoms with Gasteiger partial charge in [-0.15, -0.1) is 0 Å². The predicted octanol–water partition coefficient (Wildman–Crippen LogP) is 12.7. The first-order valence-corrected chi connectivity index (χ1v) is 19.5. The van der Waals surface area contributed by atoms with Crippen molar-refractivity contribution < 1.29 is 0 Å². The number of aromatic nitrogens is 6. The molecule has 12 aromatic rings. The summed E-state index contributed by atoms with van der Waals surface area (Å²) in [6.07, 6.45) is 0. The quantitative estimate of drug-likeness (QED) is 0.165. The van der Waals surface area contributed by atoms with E-state index in [-0.39, 0.29) is 0 Å². The minimum Gasteiger partial charge on any atom is -0.292 e. The summed E-state index contributed by atoms with van der Waals surface area (Å²) in [6, 6.07) is 68.1. The molecule has 270 valence electrons. The molecule has 0 aliphatic heterocycles. The van der Waals surface area contributed by atoms with E-state index in [0.29, 0.717) is 17.6 Å². The van der Waals surface area contributed by atoms with Gasteiger partial charge >= 0.3 is 0 Å². The fourth-order valence-electron chi connectivity index (χ4n) is 8.61. The van der Waals surface area contributed by atoms with Crippen LogP contribution in [-0.4, -0.2) is 28.9 Å². The van der Waals surface area contributed by atoms with Crippen LogP contribution in [0, 0.1) is 0 Å². The molecule has 8 aromatic carbocycles. The van der Waals surface area contributed by atoms with Crippen molar-refractivity contribution >= 4 is 60.2 Å². The summed E-state index contributed by atoms with van der Waals surface area (Å²) in [5, 5.41) is 5.83. The number of rotatable bonds is 5. The first-order chi connectivity index (χ1) is 28.7. The number of para-hydroxylation sites is 4. The van der Waals surface area contributed by atoms with Gasteiger partial charge in [0.05, 0.1) is 27.6 Å². The summed E-state index contributed by atoms with van der Waals surface area (Å²) < 4.78 is 4.48. The summed E-state index contributed by atoms with van der Waals surface area (Å²) in [5.41, 5.74) is 12.8. The number of benzene rings is 8. The first kappa shape index (κ1) is 32.3. The zero-order chi connectivity index (χ0) is 38.2. The van der Waals surface area contributed by atoms with Crippen LogP contribution in [0.2, 0.25) is 0 Å². The van der Waals surface area contributed by atoms with E-state index >= 15 is 0 Å². The average Bonchev–Trinajstić information content (AvgIpc) is 3.86. The monoisotopic (exact) mass is 740 g/mol. The summed E-state index contributed by atoms with van der Waals surface area (Å²) in [6.45, 7) is 0. The Morgan fingerprint density at radius 1 is 0.293 bits per heavy atom. The van der Waals surface area contributed by atoms with Crippen molar-refractivity contribution in [3.05, 3.63) is 194 Å². The van der Waals surface area contributed by atoms with Gasteiger partial charge in [0.15, 0.2) is 11.6 Å². The molecule has 6 nitrogen and oxygen atoms in total. The van der Waals surface area contributed by atoms with Crippen molar-refractivity contribution in [1.82, 2.24) is 28.9 Å². The van der Waals surface area contributed by atoms with Crippen LogP contribution in [0.1, 0.15) is 0 Å². The van der Waals surface area contributed by atoms with Crippen molar-refractivity contribution in [2.75, 3.05) is 0 Å². The molecular weight excluding hydrogens is 709 g/mol. The van der Waals surface area contributed by atoms with Crippen LogP contribution < -0.4 is 0 Å². The lowest BCUT2D eigenvalue weighted by Crippen LogP contribution is -2.06. The van der Waals surface area contributed by atoms with E-state index in [2.05, 4.69) is 142 Å². The molecule has 0 unspecified atom stereocenters. The predicted molar refractivity (Wildman–Crippen MR) is 237 cm³/mol. The van der Waals surface area contributed by atoms with Crippen LogP contribution in [0.4, 0.5) is 0 Å². The van der Waals surface area contributed by atoms with Gasteiger partial charge in [0.25, 0.3) is 0 Å². The Hall–Kier alpha value is -7.96. The van der Waals surface area contributed by atoms with Gasteiger partial charge in [0.1, 0.15) is 5.65 Å². The minimum atomic E-state index is 0.580. The van der Waals surface area contributed by atoms with Gasteiger partial charge in [-0.05, 0) is 70.1 Å². The van der Waals surface area contributed by atoms with E-state index in [9.17, 15) is 0 Å². The van der Waals surface area contributed by atoms with Gasteiger partial charge in [0.2, 0.25) is 5.95 Å². The fraction of sp³-hybridized carbons (Fsp3) is 0. The molecule has 12 rings (SSSR count). The SMILES string of the molecule is c1ccc(-c2nc(-c3ccccc3)nc(-n3c4ccccc4c4ccc(-c5ccc(-c6ccc7c(c6)c6ccccc6n6c8ccccc8nc76)cc5)cc43)n2)cc1. The topological polar surface area (TPSA) is 60.9 Å². The highest BCUT2D eigenvalue weighted by Gasteiger charge is 2.19. The lowest BCUT2D eigenvalue weighted by molar-refractivity contribution is 0.953. The highest BCUT2D eigenvalue weighted by atomic mass is 15.2. The molecule has 0 saturated heterocycles. The van der Waals surface area contributed by atoms with Gasteiger partial charge < -0.3 is 0 Å². The Kier molecular flexibility index (Phi) is 7.13. The third-order valence-electron chi connectivity index (χ3n) is 11.4. The van der Waals surface area contributed by atoms with Gasteiger partial charge in [-0.3, -0.25) is 8.97 Å². The van der Waals surface area contributed by atoms with E-state index in [1.54, 1.807) is 0 Å². The minimum absolute atomic E-state index is 0.580. The van der Waals surface area contributed by atoms with Crippen LogP contribution in [0.25, 0.3) is 111 Å². The largest absolute Gasteiger partial charge is 0.292 e. The number of nitrogens with zero attached hydrogens (tertiary/aromatic N) is 6. The molecule has 0 radical (unpaired) electrons. The van der Waals surface area contributed by atoms with Gasteiger partial charge in [-0.2, -0.15) is 9.97 Å². The molecule has 0 aliphatic rings. The molecule has 0 bridgehead atoms. The summed E-state index contributed by atoms with van der Waals surface area (Å²) >= 11 is 0. The van der Waals surface area contributed by atoms with Gasteiger partial charge in [-0.25, -0.2) is 9.97 Å². The molecular formula is C52H32N6. The smallest absolute Gasteiger partial charge is 0.238 e. The van der Waals surface area contributed by atoms with E-state index < -0.39 is 0 Å². The van der Waals surface area contributed by atoms with Gasteiger partial charge in [-0.1, -0.05) is 152 Å². The lowest BCUT2D eigenvalue weighted by Gasteiger charge is -2.12. The maximum Gasteiger partial charge on any atom is 0.238 e. The molecule has 58 heavy (non-hydrogen) atoms. The third-order valence-corrected chi connectivity index (χ3v) is 11.4. The maximum atomic E-state index is 5.12. The van der Waals surface area contributed by atoms with E-state index in [4.69, 9.17) is 19.9 Å².